The molecule has 0 aromatic heterocycles. The third-order valence-corrected chi connectivity index (χ3v) is 3.08. The second-order valence-corrected chi connectivity index (χ2v) is 4.43. The van der Waals surface area contributed by atoms with Gasteiger partial charge in [0.05, 0.1) is 6.54 Å². The molecule has 108 valence electrons. The molecule has 0 saturated heterocycles. The first-order valence-corrected chi connectivity index (χ1v) is 6.55. The zero-order valence-corrected chi connectivity index (χ0v) is 12.0. The minimum Gasteiger partial charge on any atom is -0.285 e. The van der Waals surface area contributed by atoms with Crippen molar-refractivity contribution < 1.29 is 0 Å². The quantitative estimate of drug-likeness (QED) is 0.296. The first-order chi connectivity index (χ1) is 10.8. The lowest BCUT2D eigenvalue weighted by atomic mass is 10.1. The monoisotopic (exact) mass is 291 g/mol. The van der Waals surface area contributed by atoms with E-state index >= 15 is 0 Å². The molecule has 2 aromatic rings. The van der Waals surface area contributed by atoms with Gasteiger partial charge < -0.3 is 0 Å². The number of hydrogen-bond acceptors (Lipinski definition) is 3. The second-order valence-electron chi connectivity index (χ2n) is 4.43. The molecule has 7 nitrogen and oxygen atoms in total. The predicted octanol–water partition coefficient (Wildman–Crippen LogP) is 5.58. The minimum absolute atomic E-state index is 0.381. The summed E-state index contributed by atoms with van der Waals surface area (Å²) in [6, 6.07) is 14.5. The van der Waals surface area contributed by atoms with Gasteiger partial charge in [-0.25, -0.2) is 0 Å². The van der Waals surface area contributed by atoms with Crippen molar-refractivity contribution in [3.05, 3.63) is 80.5 Å². The number of aliphatic imine (C=N–C) groups is 1. The van der Waals surface area contributed by atoms with Crippen molar-refractivity contribution in [3.63, 3.8) is 0 Å². The van der Waals surface area contributed by atoms with Gasteiger partial charge >= 0.3 is 0 Å². The van der Waals surface area contributed by atoms with Gasteiger partial charge in [0.15, 0.2) is 0 Å². The van der Waals surface area contributed by atoms with Crippen molar-refractivity contribution in [1.82, 2.24) is 0 Å². The Morgan fingerprint density at radius 1 is 0.909 bits per heavy atom. The van der Waals surface area contributed by atoms with Crippen molar-refractivity contribution >= 4 is 17.1 Å². The van der Waals surface area contributed by atoms with E-state index in [2.05, 4.69) is 25.0 Å². The molecular formula is C15H13N7. The highest BCUT2D eigenvalue weighted by Gasteiger charge is 2.04. The van der Waals surface area contributed by atoms with Gasteiger partial charge in [-0.1, -0.05) is 58.8 Å². The zero-order chi connectivity index (χ0) is 15.8. The summed E-state index contributed by atoms with van der Waals surface area (Å²) in [7, 11) is 0. The molecule has 0 atom stereocenters. The molecule has 0 radical (unpaired) electrons. The van der Waals surface area contributed by atoms with Crippen molar-refractivity contribution in [2.75, 3.05) is 0 Å². The standard InChI is InChI=1S/C15H13N7/c1-11(13-7-3-5-9-15(13)20-22-17)18-10-12-6-2-4-8-14(12)19-21-16/h2-9H,10H2,1H3. The van der Waals surface area contributed by atoms with Gasteiger partial charge in [-0.05, 0) is 23.5 Å². The molecule has 2 rings (SSSR count). The molecule has 22 heavy (non-hydrogen) atoms. The van der Waals surface area contributed by atoms with Crippen LogP contribution in [0.5, 0.6) is 0 Å². The lowest BCUT2D eigenvalue weighted by Gasteiger charge is -2.06. The summed E-state index contributed by atoms with van der Waals surface area (Å²) < 4.78 is 0. The summed E-state index contributed by atoms with van der Waals surface area (Å²) in [6.07, 6.45) is 0. The van der Waals surface area contributed by atoms with Gasteiger partial charge in [0.2, 0.25) is 0 Å². The Morgan fingerprint density at radius 3 is 2.23 bits per heavy atom. The number of nitrogens with zero attached hydrogens (tertiary/aromatic N) is 7. The second kappa shape index (κ2) is 7.50. The van der Waals surface area contributed by atoms with E-state index in [9.17, 15) is 0 Å². The maximum Gasteiger partial charge on any atom is 0.0647 e. The van der Waals surface area contributed by atoms with E-state index in [1.165, 1.54) is 0 Å². The molecule has 0 bridgehead atoms. The summed E-state index contributed by atoms with van der Waals surface area (Å²) in [5.74, 6) is 0. The van der Waals surface area contributed by atoms with E-state index in [0.717, 1.165) is 16.8 Å². The number of rotatable bonds is 5. The molecule has 0 N–H and O–H groups in total. The third kappa shape index (κ3) is 3.64. The Morgan fingerprint density at radius 2 is 1.50 bits per heavy atom. The van der Waals surface area contributed by atoms with Crippen molar-refractivity contribution in [3.8, 4) is 0 Å². The van der Waals surface area contributed by atoms with Crippen LogP contribution in [-0.2, 0) is 6.54 Å². The van der Waals surface area contributed by atoms with Crippen LogP contribution in [0.3, 0.4) is 0 Å². The molecule has 7 heteroatoms. The number of benzene rings is 2. The van der Waals surface area contributed by atoms with E-state index in [1.807, 2.05) is 31.2 Å². The molecule has 2 aromatic carbocycles. The van der Waals surface area contributed by atoms with Gasteiger partial charge in [0, 0.05) is 32.5 Å². The van der Waals surface area contributed by atoms with Crippen molar-refractivity contribution in [2.45, 2.75) is 13.5 Å². The molecule has 0 saturated carbocycles. The number of azide groups is 2. The summed E-state index contributed by atoms with van der Waals surface area (Å²) in [6.45, 7) is 2.23. The van der Waals surface area contributed by atoms with Gasteiger partial charge in [-0.3, -0.25) is 4.99 Å². The maximum absolute atomic E-state index is 8.60. The fourth-order valence-corrected chi connectivity index (χ4v) is 1.99. The van der Waals surface area contributed by atoms with Gasteiger partial charge in [-0.2, -0.15) is 0 Å². The highest BCUT2D eigenvalue weighted by atomic mass is 15.1. The fraction of sp³-hybridized carbons (Fsp3) is 0.133. The summed E-state index contributed by atoms with van der Waals surface area (Å²) >= 11 is 0. The van der Waals surface area contributed by atoms with Crippen LogP contribution in [0.15, 0.2) is 63.8 Å². The molecule has 0 fully saturated rings. The van der Waals surface area contributed by atoms with Gasteiger partial charge in [0.1, 0.15) is 0 Å². The minimum atomic E-state index is 0.381. The summed E-state index contributed by atoms with van der Waals surface area (Å²) in [5, 5.41) is 7.31. The van der Waals surface area contributed by atoms with Crippen LogP contribution in [0, 0.1) is 0 Å². The van der Waals surface area contributed by atoms with E-state index in [4.69, 9.17) is 11.1 Å². The average molecular weight is 291 g/mol. The molecular weight excluding hydrogens is 278 g/mol. The van der Waals surface area contributed by atoms with Crippen LogP contribution in [0.4, 0.5) is 11.4 Å². The van der Waals surface area contributed by atoms with Crippen molar-refractivity contribution in [1.29, 1.82) is 0 Å². The Kier molecular flexibility index (Phi) is 5.15. The van der Waals surface area contributed by atoms with Crippen LogP contribution in [0.2, 0.25) is 0 Å². The highest BCUT2D eigenvalue weighted by Crippen LogP contribution is 2.22. The van der Waals surface area contributed by atoms with E-state index < -0.39 is 0 Å². The van der Waals surface area contributed by atoms with Gasteiger partial charge in [0.25, 0.3) is 0 Å². The molecule has 0 amide bonds. The largest absolute Gasteiger partial charge is 0.285 e. The lowest BCUT2D eigenvalue weighted by Crippen LogP contribution is -1.96. The molecule has 0 unspecified atom stereocenters. The Balaban J connectivity index is 2.31. The van der Waals surface area contributed by atoms with Crippen LogP contribution < -0.4 is 0 Å². The van der Waals surface area contributed by atoms with Gasteiger partial charge in [-0.15, -0.1) is 0 Å². The Hall–Kier alpha value is -3.27. The first kappa shape index (κ1) is 15.1. The lowest BCUT2D eigenvalue weighted by molar-refractivity contribution is 1.06. The Bertz CT molecular complexity index is 797. The summed E-state index contributed by atoms with van der Waals surface area (Å²) in [5.41, 5.74) is 20.6. The number of hydrogen-bond donors (Lipinski definition) is 0. The molecule has 0 aliphatic rings. The first-order valence-electron chi connectivity index (χ1n) is 6.55. The van der Waals surface area contributed by atoms with E-state index in [1.54, 1.807) is 24.3 Å². The normalized spacial score (nSPS) is 10.5. The molecule has 0 spiro atoms. The van der Waals surface area contributed by atoms with Crippen LogP contribution in [-0.4, -0.2) is 5.71 Å². The highest BCUT2D eigenvalue weighted by molar-refractivity contribution is 6.02. The topological polar surface area (TPSA) is 110 Å². The predicted molar refractivity (Wildman–Crippen MR) is 86.4 cm³/mol. The van der Waals surface area contributed by atoms with Crippen LogP contribution in [0.25, 0.3) is 20.9 Å². The smallest absolute Gasteiger partial charge is 0.0647 e. The molecule has 0 heterocycles. The average Bonchev–Trinajstić information content (AvgIpc) is 2.55. The van der Waals surface area contributed by atoms with E-state index in [0.29, 0.717) is 17.9 Å². The van der Waals surface area contributed by atoms with Crippen LogP contribution >= 0.6 is 0 Å². The van der Waals surface area contributed by atoms with E-state index in [-0.39, 0.29) is 0 Å². The SMILES string of the molecule is CC(=NCc1ccccc1N=[N+]=[N-])c1ccccc1N=[N+]=[N-]. The third-order valence-electron chi connectivity index (χ3n) is 3.08. The molecule has 0 aliphatic heterocycles. The maximum atomic E-state index is 8.60. The zero-order valence-electron chi connectivity index (χ0n) is 12.0. The Labute approximate surface area is 127 Å². The fourth-order valence-electron chi connectivity index (χ4n) is 1.99. The molecule has 0 aliphatic carbocycles. The summed E-state index contributed by atoms with van der Waals surface area (Å²) in [4.78, 5) is 10.1. The van der Waals surface area contributed by atoms with Crippen molar-refractivity contribution in [2.24, 2.45) is 15.2 Å². The van der Waals surface area contributed by atoms with Crippen LogP contribution in [0.1, 0.15) is 18.1 Å².